The molecule has 1 unspecified atom stereocenters. The number of pyridine rings is 1. The summed E-state index contributed by atoms with van der Waals surface area (Å²) in [5.74, 6) is 0.526. The number of nitrogens with one attached hydrogen (secondary N) is 2. The Morgan fingerprint density at radius 3 is 2.54 bits per heavy atom. The molecule has 1 heterocycles. The summed E-state index contributed by atoms with van der Waals surface area (Å²) < 4.78 is 0. The summed E-state index contributed by atoms with van der Waals surface area (Å²) >= 11 is 5.87. The van der Waals surface area contributed by atoms with Crippen LogP contribution in [0.25, 0.3) is 0 Å². The number of hydrogen-bond acceptors (Lipinski definition) is 3. The quantitative estimate of drug-likeness (QED) is 0.657. The predicted octanol–water partition coefficient (Wildman–Crippen LogP) is 4.84. The van der Waals surface area contributed by atoms with E-state index in [1.165, 1.54) is 0 Å². The molecule has 2 N–H and O–H groups in total. The third-order valence-corrected chi connectivity index (χ3v) is 4.30. The molecule has 4 nitrogen and oxygen atoms in total. The van der Waals surface area contributed by atoms with Crippen LogP contribution in [0.5, 0.6) is 0 Å². The van der Waals surface area contributed by atoms with Gasteiger partial charge in [-0.3, -0.25) is 4.79 Å². The minimum atomic E-state index is -0.141. The fourth-order valence-electron chi connectivity index (χ4n) is 2.58. The Hall–Kier alpha value is -2.85. The van der Waals surface area contributed by atoms with Crippen molar-refractivity contribution in [2.75, 3.05) is 5.32 Å². The van der Waals surface area contributed by atoms with Gasteiger partial charge in [0.15, 0.2) is 0 Å². The number of aromatic nitrogens is 1. The Morgan fingerprint density at radius 2 is 1.81 bits per heavy atom. The molecule has 0 bridgehead atoms. The number of nitrogens with zero attached hydrogens (tertiary/aromatic N) is 1. The van der Waals surface area contributed by atoms with E-state index in [9.17, 15) is 4.79 Å². The molecule has 0 saturated heterocycles. The van der Waals surface area contributed by atoms with Crippen LogP contribution in [0.15, 0.2) is 72.9 Å². The van der Waals surface area contributed by atoms with Crippen molar-refractivity contribution in [2.24, 2.45) is 0 Å². The highest BCUT2D eigenvalue weighted by atomic mass is 35.5. The number of anilines is 1. The number of carbonyl (C=O) groups excluding carboxylic acids is 1. The number of amides is 1. The van der Waals surface area contributed by atoms with Crippen LogP contribution in [0.4, 0.5) is 5.82 Å². The topological polar surface area (TPSA) is 54.0 Å². The second-order valence-electron chi connectivity index (χ2n) is 6.02. The van der Waals surface area contributed by atoms with Crippen LogP contribution < -0.4 is 10.6 Å². The Kier molecular flexibility index (Phi) is 5.87. The Balaban J connectivity index is 1.62. The lowest BCUT2D eigenvalue weighted by Crippen LogP contribution is -2.23. The van der Waals surface area contributed by atoms with Crippen molar-refractivity contribution in [3.63, 3.8) is 0 Å². The summed E-state index contributed by atoms with van der Waals surface area (Å²) in [6, 6.07) is 21.1. The maximum absolute atomic E-state index is 12.4. The Morgan fingerprint density at radius 1 is 1.08 bits per heavy atom. The SMILES string of the molecule is CC(Nc1cc(C(=O)NCc2ccc(Cl)cc2)ccn1)c1ccccc1. The average Bonchev–Trinajstić information content (AvgIpc) is 2.68. The summed E-state index contributed by atoms with van der Waals surface area (Å²) in [6.07, 6.45) is 1.64. The number of rotatable bonds is 6. The lowest BCUT2D eigenvalue weighted by molar-refractivity contribution is 0.0951. The molecule has 26 heavy (non-hydrogen) atoms. The lowest BCUT2D eigenvalue weighted by atomic mass is 10.1. The maximum Gasteiger partial charge on any atom is 0.251 e. The minimum absolute atomic E-state index is 0.0936. The van der Waals surface area contributed by atoms with Gasteiger partial charge < -0.3 is 10.6 Å². The van der Waals surface area contributed by atoms with Crippen molar-refractivity contribution < 1.29 is 4.79 Å². The number of halogens is 1. The minimum Gasteiger partial charge on any atom is -0.364 e. The van der Waals surface area contributed by atoms with Crippen LogP contribution in [0.3, 0.4) is 0 Å². The van der Waals surface area contributed by atoms with Crippen LogP contribution in [0, 0.1) is 0 Å². The summed E-state index contributed by atoms with van der Waals surface area (Å²) in [6.45, 7) is 2.51. The molecule has 0 spiro atoms. The van der Waals surface area contributed by atoms with Gasteiger partial charge >= 0.3 is 0 Å². The van der Waals surface area contributed by atoms with Crippen molar-refractivity contribution in [3.05, 3.63) is 94.6 Å². The fourth-order valence-corrected chi connectivity index (χ4v) is 2.71. The van der Waals surface area contributed by atoms with Crippen LogP contribution in [0.2, 0.25) is 5.02 Å². The monoisotopic (exact) mass is 365 g/mol. The first-order chi connectivity index (χ1) is 12.6. The third-order valence-electron chi connectivity index (χ3n) is 4.05. The zero-order chi connectivity index (χ0) is 18.4. The van der Waals surface area contributed by atoms with Crippen molar-refractivity contribution in [1.29, 1.82) is 0 Å². The van der Waals surface area contributed by atoms with Gasteiger partial charge in [-0.25, -0.2) is 4.98 Å². The molecule has 0 radical (unpaired) electrons. The molecule has 3 aromatic rings. The van der Waals surface area contributed by atoms with E-state index in [1.807, 2.05) is 42.5 Å². The van der Waals surface area contributed by atoms with Crippen LogP contribution in [-0.2, 0) is 6.54 Å². The first-order valence-electron chi connectivity index (χ1n) is 8.42. The average molecular weight is 366 g/mol. The van der Waals surface area contributed by atoms with E-state index >= 15 is 0 Å². The highest BCUT2D eigenvalue weighted by molar-refractivity contribution is 6.30. The summed E-state index contributed by atoms with van der Waals surface area (Å²) in [4.78, 5) is 16.7. The van der Waals surface area contributed by atoms with Gasteiger partial charge in [-0.2, -0.15) is 0 Å². The van der Waals surface area contributed by atoms with E-state index in [0.29, 0.717) is 22.9 Å². The molecule has 1 aromatic heterocycles. The molecule has 0 aliphatic carbocycles. The first kappa shape index (κ1) is 18.0. The number of carbonyl (C=O) groups is 1. The summed E-state index contributed by atoms with van der Waals surface area (Å²) in [5, 5.41) is 6.92. The van der Waals surface area contributed by atoms with Gasteiger partial charge in [0.05, 0.1) is 0 Å². The van der Waals surface area contributed by atoms with Gasteiger partial charge in [-0.1, -0.05) is 54.1 Å². The number of benzene rings is 2. The molecule has 1 atom stereocenters. The highest BCUT2D eigenvalue weighted by Gasteiger charge is 2.09. The second-order valence-corrected chi connectivity index (χ2v) is 6.45. The highest BCUT2D eigenvalue weighted by Crippen LogP contribution is 2.18. The van der Waals surface area contributed by atoms with Gasteiger partial charge in [0, 0.05) is 29.4 Å². The molecule has 0 aliphatic rings. The van der Waals surface area contributed by atoms with Gasteiger partial charge in [0.2, 0.25) is 0 Å². The van der Waals surface area contributed by atoms with Crippen molar-refractivity contribution in [1.82, 2.24) is 10.3 Å². The molecule has 1 amide bonds. The zero-order valence-electron chi connectivity index (χ0n) is 14.4. The fraction of sp³-hybridized carbons (Fsp3) is 0.143. The largest absolute Gasteiger partial charge is 0.364 e. The van der Waals surface area contributed by atoms with Crippen LogP contribution in [-0.4, -0.2) is 10.9 Å². The van der Waals surface area contributed by atoms with E-state index in [2.05, 4.69) is 34.7 Å². The molecule has 0 aliphatic heterocycles. The zero-order valence-corrected chi connectivity index (χ0v) is 15.2. The Labute approximate surface area is 158 Å². The van der Waals surface area contributed by atoms with E-state index in [4.69, 9.17) is 11.6 Å². The van der Waals surface area contributed by atoms with Crippen LogP contribution in [0.1, 0.15) is 34.5 Å². The van der Waals surface area contributed by atoms with E-state index in [-0.39, 0.29) is 11.9 Å². The molecule has 3 rings (SSSR count). The molecule has 5 heteroatoms. The first-order valence-corrected chi connectivity index (χ1v) is 8.80. The summed E-state index contributed by atoms with van der Waals surface area (Å²) in [5.41, 5.74) is 2.72. The van der Waals surface area contributed by atoms with E-state index < -0.39 is 0 Å². The molecule has 0 saturated carbocycles. The van der Waals surface area contributed by atoms with Crippen molar-refractivity contribution >= 4 is 23.3 Å². The molecule has 132 valence electrons. The van der Waals surface area contributed by atoms with Gasteiger partial charge in [0.25, 0.3) is 5.91 Å². The standard InChI is InChI=1S/C21H20ClN3O/c1-15(17-5-3-2-4-6-17)25-20-13-18(11-12-23-20)21(26)24-14-16-7-9-19(22)10-8-16/h2-13,15H,14H2,1H3,(H,23,25)(H,24,26). The molecular formula is C21H20ClN3O. The normalized spacial score (nSPS) is 11.6. The third kappa shape index (κ3) is 4.83. The van der Waals surface area contributed by atoms with E-state index in [1.54, 1.807) is 18.3 Å². The van der Waals surface area contributed by atoms with Gasteiger partial charge in [0.1, 0.15) is 5.82 Å². The van der Waals surface area contributed by atoms with Crippen molar-refractivity contribution in [3.8, 4) is 0 Å². The smallest absolute Gasteiger partial charge is 0.251 e. The predicted molar refractivity (Wildman–Crippen MR) is 105 cm³/mol. The Bertz CT molecular complexity index is 866. The maximum atomic E-state index is 12.4. The summed E-state index contributed by atoms with van der Waals surface area (Å²) in [7, 11) is 0. The van der Waals surface area contributed by atoms with Crippen molar-refractivity contribution in [2.45, 2.75) is 19.5 Å². The number of hydrogen-bond donors (Lipinski definition) is 2. The van der Waals surface area contributed by atoms with Gasteiger partial charge in [-0.15, -0.1) is 0 Å². The van der Waals surface area contributed by atoms with E-state index in [0.717, 1.165) is 11.1 Å². The molecular weight excluding hydrogens is 346 g/mol. The second kappa shape index (κ2) is 8.50. The van der Waals surface area contributed by atoms with Gasteiger partial charge in [-0.05, 0) is 42.3 Å². The van der Waals surface area contributed by atoms with Crippen LogP contribution >= 0.6 is 11.6 Å². The lowest BCUT2D eigenvalue weighted by Gasteiger charge is -2.15. The molecule has 0 fully saturated rings. The molecule has 2 aromatic carbocycles.